The topological polar surface area (TPSA) is 83.1 Å². The Hall–Kier alpha value is -2.36. The zero-order chi connectivity index (χ0) is 14.9. The van der Waals surface area contributed by atoms with Crippen LogP contribution in [-0.4, -0.2) is 40.7 Å². The van der Waals surface area contributed by atoms with E-state index in [1.807, 2.05) is 16.9 Å². The zero-order valence-electron chi connectivity index (χ0n) is 11.6. The highest BCUT2D eigenvalue weighted by Crippen LogP contribution is 2.16. The van der Waals surface area contributed by atoms with Gasteiger partial charge in [-0.2, -0.15) is 10.4 Å². The van der Waals surface area contributed by atoms with Gasteiger partial charge in [-0.25, -0.2) is 0 Å². The lowest BCUT2D eigenvalue weighted by atomic mass is 10.2. The molecule has 2 N–H and O–H groups in total. The molecule has 0 fully saturated rings. The Morgan fingerprint density at radius 3 is 3.00 bits per heavy atom. The maximum Gasteiger partial charge on any atom is 0.137 e. The van der Waals surface area contributed by atoms with Gasteiger partial charge in [-0.05, 0) is 18.2 Å². The fraction of sp³-hybridized carbons (Fsp3) is 0.333. The van der Waals surface area contributed by atoms with Crippen LogP contribution in [0.4, 0.5) is 0 Å². The molecule has 1 aromatic heterocycles. The van der Waals surface area contributed by atoms with E-state index in [9.17, 15) is 5.11 Å². The van der Waals surface area contributed by atoms with E-state index in [4.69, 9.17) is 10.00 Å². The molecule has 0 saturated heterocycles. The minimum atomic E-state index is -0.630. The van der Waals surface area contributed by atoms with E-state index in [1.54, 1.807) is 30.5 Å². The van der Waals surface area contributed by atoms with Gasteiger partial charge in [0.25, 0.3) is 0 Å². The molecule has 0 bridgehead atoms. The van der Waals surface area contributed by atoms with Gasteiger partial charge in [-0.3, -0.25) is 4.68 Å². The summed E-state index contributed by atoms with van der Waals surface area (Å²) in [6.07, 6.45) is 2.99. The number of nitriles is 1. The van der Waals surface area contributed by atoms with Gasteiger partial charge in [-0.1, -0.05) is 12.1 Å². The van der Waals surface area contributed by atoms with E-state index in [0.717, 1.165) is 6.54 Å². The number of para-hydroxylation sites is 1. The van der Waals surface area contributed by atoms with Crippen molar-refractivity contribution in [1.29, 1.82) is 5.26 Å². The van der Waals surface area contributed by atoms with Crippen LogP contribution < -0.4 is 10.1 Å². The Balaban J connectivity index is 1.65. The Kier molecular flexibility index (Phi) is 5.76. The van der Waals surface area contributed by atoms with Crippen LogP contribution in [0.3, 0.4) is 0 Å². The second kappa shape index (κ2) is 8.04. The van der Waals surface area contributed by atoms with Gasteiger partial charge in [0.1, 0.15) is 24.5 Å². The molecule has 6 heteroatoms. The zero-order valence-corrected chi connectivity index (χ0v) is 11.6. The summed E-state index contributed by atoms with van der Waals surface area (Å²) in [6.45, 7) is 2.04. The number of nitrogens with zero attached hydrogens (tertiary/aromatic N) is 3. The minimum absolute atomic E-state index is 0.146. The first-order chi connectivity index (χ1) is 10.3. The van der Waals surface area contributed by atoms with Crippen LogP contribution in [0.5, 0.6) is 5.75 Å². The van der Waals surface area contributed by atoms with Gasteiger partial charge < -0.3 is 15.2 Å². The monoisotopic (exact) mass is 286 g/mol. The molecule has 6 nitrogen and oxygen atoms in total. The van der Waals surface area contributed by atoms with Crippen LogP contribution in [0.15, 0.2) is 42.7 Å². The number of aliphatic hydroxyl groups excluding tert-OH is 1. The molecule has 0 amide bonds. The van der Waals surface area contributed by atoms with Crippen LogP contribution in [-0.2, 0) is 6.54 Å². The molecular weight excluding hydrogens is 268 g/mol. The van der Waals surface area contributed by atoms with Crippen molar-refractivity contribution >= 4 is 0 Å². The van der Waals surface area contributed by atoms with Gasteiger partial charge >= 0.3 is 0 Å². The summed E-state index contributed by atoms with van der Waals surface area (Å²) in [4.78, 5) is 0. The highest BCUT2D eigenvalue weighted by molar-refractivity contribution is 5.42. The molecule has 1 aromatic carbocycles. The number of ether oxygens (including phenoxy) is 1. The molecule has 2 rings (SSSR count). The van der Waals surface area contributed by atoms with Crippen molar-refractivity contribution in [2.45, 2.75) is 12.6 Å². The summed E-state index contributed by atoms with van der Waals surface area (Å²) in [5.74, 6) is 0.496. The van der Waals surface area contributed by atoms with Crippen molar-refractivity contribution in [2.24, 2.45) is 0 Å². The number of hydrogen-bond donors (Lipinski definition) is 2. The van der Waals surface area contributed by atoms with Crippen LogP contribution in [0.25, 0.3) is 0 Å². The highest BCUT2D eigenvalue weighted by atomic mass is 16.5. The number of hydrogen-bond acceptors (Lipinski definition) is 5. The molecule has 0 spiro atoms. The molecule has 1 atom stereocenters. The number of nitrogens with one attached hydrogen (secondary N) is 1. The third-order valence-corrected chi connectivity index (χ3v) is 2.90. The molecule has 0 radical (unpaired) electrons. The SMILES string of the molecule is N#Cc1ccccc1OCC(O)CNCCn1cccn1. The fourth-order valence-corrected chi connectivity index (χ4v) is 1.82. The molecule has 1 heterocycles. The van der Waals surface area contributed by atoms with Crippen molar-refractivity contribution in [1.82, 2.24) is 15.1 Å². The number of rotatable bonds is 8. The number of aliphatic hydroxyl groups is 1. The lowest BCUT2D eigenvalue weighted by Gasteiger charge is -2.14. The predicted octanol–water partition coefficient (Wildman–Crippen LogP) is 0.784. The predicted molar refractivity (Wildman–Crippen MR) is 77.8 cm³/mol. The van der Waals surface area contributed by atoms with Crippen molar-refractivity contribution in [3.05, 3.63) is 48.3 Å². The molecule has 0 aliphatic rings. The summed E-state index contributed by atoms with van der Waals surface area (Å²) in [6, 6.07) is 10.9. The maximum atomic E-state index is 9.84. The standard InChI is InChI=1S/C15H18N4O2/c16-10-13-4-1-2-5-15(13)21-12-14(20)11-17-7-9-19-8-3-6-18-19/h1-6,8,14,17,20H,7,9,11-12H2. The number of aromatic nitrogens is 2. The van der Waals surface area contributed by atoms with Crippen molar-refractivity contribution < 1.29 is 9.84 Å². The summed E-state index contributed by atoms with van der Waals surface area (Å²) >= 11 is 0. The summed E-state index contributed by atoms with van der Waals surface area (Å²) in [7, 11) is 0. The van der Waals surface area contributed by atoms with Crippen LogP contribution in [0.2, 0.25) is 0 Å². The van der Waals surface area contributed by atoms with Crippen LogP contribution in [0.1, 0.15) is 5.56 Å². The fourth-order valence-electron chi connectivity index (χ4n) is 1.82. The Morgan fingerprint density at radius 1 is 1.38 bits per heavy atom. The van der Waals surface area contributed by atoms with Gasteiger partial charge in [0.05, 0.1) is 12.1 Å². The molecule has 0 aliphatic heterocycles. The Morgan fingerprint density at radius 2 is 2.24 bits per heavy atom. The molecule has 110 valence electrons. The van der Waals surface area contributed by atoms with E-state index in [2.05, 4.69) is 16.5 Å². The van der Waals surface area contributed by atoms with Gasteiger partial charge in [-0.15, -0.1) is 0 Å². The van der Waals surface area contributed by atoms with Gasteiger partial charge in [0.2, 0.25) is 0 Å². The second-order valence-electron chi connectivity index (χ2n) is 4.55. The highest BCUT2D eigenvalue weighted by Gasteiger charge is 2.07. The Labute approximate surface area is 123 Å². The van der Waals surface area contributed by atoms with E-state index in [-0.39, 0.29) is 6.61 Å². The van der Waals surface area contributed by atoms with Crippen molar-refractivity contribution in [2.75, 3.05) is 19.7 Å². The molecule has 2 aromatic rings. The Bertz CT molecular complexity index is 578. The first-order valence-electron chi connectivity index (χ1n) is 6.77. The van der Waals surface area contributed by atoms with E-state index >= 15 is 0 Å². The quantitative estimate of drug-likeness (QED) is 0.701. The average Bonchev–Trinajstić information content (AvgIpc) is 3.03. The summed E-state index contributed by atoms with van der Waals surface area (Å²) in [5, 5.41) is 26.0. The average molecular weight is 286 g/mol. The van der Waals surface area contributed by atoms with E-state index in [0.29, 0.717) is 24.4 Å². The van der Waals surface area contributed by atoms with E-state index < -0.39 is 6.10 Å². The smallest absolute Gasteiger partial charge is 0.137 e. The third-order valence-electron chi connectivity index (χ3n) is 2.90. The first kappa shape index (κ1) is 15.0. The number of benzene rings is 1. The maximum absolute atomic E-state index is 9.84. The summed E-state index contributed by atoms with van der Waals surface area (Å²) in [5.41, 5.74) is 0.469. The molecular formula is C15H18N4O2. The molecule has 21 heavy (non-hydrogen) atoms. The third kappa shape index (κ3) is 4.91. The largest absolute Gasteiger partial charge is 0.489 e. The second-order valence-corrected chi connectivity index (χ2v) is 4.55. The lowest BCUT2D eigenvalue weighted by molar-refractivity contribution is 0.106. The molecule has 1 unspecified atom stereocenters. The van der Waals surface area contributed by atoms with Gasteiger partial charge in [0.15, 0.2) is 0 Å². The van der Waals surface area contributed by atoms with Crippen LogP contribution >= 0.6 is 0 Å². The lowest BCUT2D eigenvalue weighted by Crippen LogP contribution is -2.33. The van der Waals surface area contributed by atoms with Gasteiger partial charge in [0, 0.05) is 25.5 Å². The molecule has 0 aliphatic carbocycles. The molecule has 0 saturated carbocycles. The summed E-state index contributed by atoms with van der Waals surface area (Å²) < 4.78 is 7.28. The first-order valence-corrected chi connectivity index (χ1v) is 6.77. The van der Waals surface area contributed by atoms with E-state index in [1.165, 1.54) is 0 Å². The minimum Gasteiger partial charge on any atom is -0.489 e. The van der Waals surface area contributed by atoms with Crippen molar-refractivity contribution in [3.8, 4) is 11.8 Å². The van der Waals surface area contributed by atoms with Crippen molar-refractivity contribution in [3.63, 3.8) is 0 Å². The normalized spacial score (nSPS) is 11.8. The van der Waals surface area contributed by atoms with Crippen LogP contribution in [0, 0.1) is 11.3 Å².